The standard InChI is InChI=1S/C22H24FN5O3/c1-15-26-21(31-28-15)14-25-22(24-10-9-16-5-2-3-6-18(16)23)27-17-7-8-19-20(13-17)30-12-4-11-29-19/h2-3,5-8,13H,4,9-12,14H2,1H3,(H2,24,25,27). The maximum absolute atomic E-state index is 13.9. The Morgan fingerprint density at radius 2 is 1.97 bits per heavy atom. The molecular formula is C22H24FN5O3. The number of benzene rings is 2. The van der Waals surface area contributed by atoms with E-state index in [4.69, 9.17) is 14.0 Å². The van der Waals surface area contributed by atoms with Crippen LogP contribution in [0.15, 0.2) is 52.0 Å². The molecule has 0 spiro atoms. The Kier molecular flexibility index (Phi) is 6.61. The van der Waals surface area contributed by atoms with Crippen LogP contribution in [0.4, 0.5) is 10.1 Å². The van der Waals surface area contributed by atoms with Crippen molar-refractivity contribution in [2.75, 3.05) is 25.1 Å². The van der Waals surface area contributed by atoms with Crippen LogP contribution in [-0.4, -0.2) is 35.9 Å². The molecule has 2 aromatic carbocycles. The summed E-state index contributed by atoms with van der Waals surface area (Å²) in [6.45, 7) is 3.68. The van der Waals surface area contributed by atoms with Gasteiger partial charge in [-0.05, 0) is 37.1 Å². The molecule has 0 saturated heterocycles. The molecule has 2 heterocycles. The molecule has 4 rings (SSSR count). The van der Waals surface area contributed by atoms with Crippen LogP contribution in [0, 0.1) is 12.7 Å². The Labute approximate surface area is 179 Å². The van der Waals surface area contributed by atoms with Gasteiger partial charge in [-0.2, -0.15) is 4.98 Å². The number of hydrogen-bond donors (Lipinski definition) is 2. The number of anilines is 1. The molecule has 162 valence electrons. The quantitative estimate of drug-likeness (QED) is 0.461. The normalized spacial score (nSPS) is 13.5. The molecule has 0 aliphatic carbocycles. The second-order valence-corrected chi connectivity index (χ2v) is 7.01. The molecular weight excluding hydrogens is 401 g/mol. The number of ether oxygens (including phenoxy) is 2. The number of nitrogens with one attached hydrogen (secondary N) is 2. The van der Waals surface area contributed by atoms with Gasteiger partial charge in [-0.3, -0.25) is 0 Å². The molecule has 0 amide bonds. The van der Waals surface area contributed by atoms with E-state index in [0.29, 0.717) is 55.2 Å². The minimum Gasteiger partial charge on any atom is -0.490 e. The number of fused-ring (bicyclic) bond motifs is 1. The number of guanidine groups is 1. The van der Waals surface area contributed by atoms with Gasteiger partial charge in [0.2, 0.25) is 5.89 Å². The van der Waals surface area contributed by atoms with Gasteiger partial charge in [0.25, 0.3) is 0 Å². The van der Waals surface area contributed by atoms with Crippen molar-refractivity contribution in [1.29, 1.82) is 0 Å². The Hall–Kier alpha value is -3.62. The van der Waals surface area contributed by atoms with E-state index in [1.807, 2.05) is 24.3 Å². The third-order valence-electron chi connectivity index (χ3n) is 4.60. The third kappa shape index (κ3) is 5.71. The van der Waals surface area contributed by atoms with Gasteiger partial charge in [0.05, 0.1) is 13.2 Å². The van der Waals surface area contributed by atoms with Crippen LogP contribution in [0.1, 0.15) is 23.7 Å². The molecule has 3 aromatic rings. The summed E-state index contributed by atoms with van der Waals surface area (Å²) < 4.78 is 30.5. The highest BCUT2D eigenvalue weighted by molar-refractivity contribution is 5.93. The van der Waals surface area contributed by atoms with E-state index in [2.05, 4.69) is 25.8 Å². The molecule has 0 atom stereocenters. The zero-order valence-corrected chi connectivity index (χ0v) is 17.2. The fourth-order valence-electron chi connectivity index (χ4n) is 3.09. The first-order valence-corrected chi connectivity index (χ1v) is 10.1. The molecule has 1 aliphatic heterocycles. The number of rotatable bonds is 6. The Morgan fingerprint density at radius 3 is 2.77 bits per heavy atom. The second kappa shape index (κ2) is 9.92. The predicted molar refractivity (Wildman–Crippen MR) is 114 cm³/mol. The lowest BCUT2D eigenvalue weighted by Gasteiger charge is -2.14. The van der Waals surface area contributed by atoms with Crippen molar-refractivity contribution in [1.82, 2.24) is 15.5 Å². The summed E-state index contributed by atoms with van der Waals surface area (Å²) in [5, 5.41) is 10.2. The molecule has 1 aromatic heterocycles. The van der Waals surface area contributed by atoms with E-state index in [1.165, 1.54) is 6.07 Å². The average Bonchev–Trinajstić information content (AvgIpc) is 3.04. The van der Waals surface area contributed by atoms with Crippen LogP contribution in [0.3, 0.4) is 0 Å². The van der Waals surface area contributed by atoms with Crippen molar-refractivity contribution in [3.63, 3.8) is 0 Å². The highest BCUT2D eigenvalue weighted by Gasteiger charge is 2.12. The fraction of sp³-hybridized carbons (Fsp3) is 0.318. The Bertz CT molecular complexity index is 1050. The van der Waals surface area contributed by atoms with E-state index < -0.39 is 0 Å². The minimum absolute atomic E-state index is 0.209. The van der Waals surface area contributed by atoms with Crippen LogP contribution >= 0.6 is 0 Å². The van der Waals surface area contributed by atoms with Crippen molar-refractivity contribution in [3.05, 3.63) is 65.6 Å². The largest absolute Gasteiger partial charge is 0.490 e. The number of nitrogens with zero attached hydrogens (tertiary/aromatic N) is 3. The molecule has 0 bridgehead atoms. The molecule has 1 aliphatic rings. The number of aryl methyl sites for hydroxylation is 1. The van der Waals surface area contributed by atoms with E-state index in [1.54, 1.807) is 19.1 Å². The van der Waals surface area contributed by atoms with Gasteiger partial charge >= 0.3 is 0 Å². The summed E-state index contributed by atoms with van der Waals surface area (Å²) in [6, 6.07) is 12.3. The maximum Gasteiger partial charge on any atom is 0.248 e. The lowest BCUT2D eigenvalue weighted by molar-refractivity contribution is 0.297. The van der Waals surface area contributed by atoms with Gasteiger partial charge in [0, 0.05) is 24.7 Å². The predicted octanol–water partition coefficient (Wildman–Crippen LogP) is 3.48. The summed E-state index contributed by atoms with van der Waals surface area (Å²) in [4.78, 5) is 8.69. The van der Waals surface area contributed by atoms with Crippen molar-refractivity contribution in [2.24, 2.45) is 4.99 Å². The Balaban J connectivity index is 1.46. The lowest BCUT2D eigenvalue weighted by Crippen LogP contribution is -2.32. The number of aromatic nitrogens is 2. The monoisotopic (exact) mass is 425 g/mol. The van der Waals surface area contributed by atoms with Crippen LogP contribution in [0.5, 0.6) is 11.5 Å². The number of halogens is 1. The highest BCUT2D eigenvalue weighted by atomic mass is 19.1. The topological polar surface area (TPSA) is 93.8 Å². The minimum atomic E-state index is -0.222. The first kappa shape index (κ1) is 20.6. The first-order valence-electron chi connectivity index (χ1n) is 10.1. The number of hydrogen-bond acceptors (Lipinski definition) is 6. The van der Waals surface area contributed by atoms with Crippen LogP contribution in [-0.2, 0) is 13.0 Å². The van der Waals surface area contributed by atoms with Gasteiger partial charge in [-0.15, -0.1) is 0 Å². The SMILES string of the molecule is Cc1noc(CN=C(NCCc2ccccc2F)Nc2ccc3c(c2)OCCCO3)n1. The summed E-state index contributed by atoms with van der Waals surface area (Å²) in [6.07, 6.45) is 1.35. The smallest absolute Gasteiger partial charge is 0.248 e. The summed E-state index contributed by atoms with van der Waals surface area (Å²) in [5.74, 6) is 2.64. The summed E-state index contributed by atoms with van der Waals surface area (Å²) in [7, 11) is 0. The molecule has 8 nitrogen and oxygen atoms in total. The summed E-state index contributed by atoms with van der Waals surface area (Å²) in [5.41, 5.74) is 1.42. The van der Waals surface area contributed by atoms with Gasteiger partial charge in [-0.25, -0.2) is 9.38 Å². The zero-order valence-electron chi connectivity index (χ0n) is 17.2. The van der Waals surface area contributed by atoms with Crippen molar-refractivity contribution < 1.29 is 18.4 Å². The van der Waals surface area contributed by atoms with E-state index in [-0.39, 0.29) is 12.4 Å². The van der Waals surface area contributed by atoms with E-state index >= 15 is 0 Å². The fourth-order valence-corrected chi connectivity index (χ4v) is 3.09. The maximum atomic E-state index is 13.9. The van der Waals surface area contributed by atoms with Gasteiger partial charge in [0.1, 0.15) is 12.4 Å². The van der Waals surface area contributed by atoms with Crippen LogP contribution < -0.4 is 20.1 Å². The molecule has 0 radical (unpaired) electrons. The third-order valence-corrected chi connectivity index (χ3v) is 4.60. The van der Waals surface area contributed by atoms with Crippen molar-refractivity contribution >= 4 is 11.6 Å². The van der Waals surface area contributed by atoms with Crippen molar-refractivity contribution in [3.8, 4) is 11.5 Å². The van der Waals surface area contributed by atoms with Crippen LogP contribution in [0.25, 0.3) is 0 Å². The zero-order chi connectivity index (χ0) is 21.5. The lowest BCUT2D eigenvalue weighted by atomic mass is 10.1. The number of aliphatic imine (C=N–C) groups is 1. The van der Waals surface area contributed by atoms with Gasteiger partial charge in [0.15, 0.2) is 23.3 Å². The Morgan fingerprint density at radius 1 is 1.13 bits per heavy atom. The van der Waals surface area contributed by atoms with Crippen LogP contribution in [0.2, 0.25) is 0 Å². The van der Waals surface area contributed by atoms with Gasteiger partial charge in [-0.1, -0.05) is 23.4 Å². The average molecular weight is 425 g/mol. The second-order valence-electron chi connectivity index (χ2n) is 7.01. The summed E-state index contributed by atoms with van der Waals surface area (Å²) >= 11 is 0. The molecule has 9 heteroatoms. The van der Waals surface area contributed by atoms with Crippen molar-refractivity contribution in [2.45, 2.75) is 26.3 Å². The first-order chi connectivity index (χ1) is 15.2. The molecule has 0 fully saturated rings. The van der Waals surface area contributed by atoms with Gasteiger partial charge < -0.3 is 24.6 Å². The molecule has 0 unspecified atom stereocenters. The van der Waals surface area contributed by atoms with E-state index in [9.17, 15) is 4.39 Å². The van der Waals surface area contributed by atoms with E-state index in [0.717, 1.165) is 17.9 Å². The molecule has 2 N–H and O–H groups in total. The highest BCUT2D eigenvalue weighted by Crippen LogP contribution is 2.32. The molecule has 0 saturated carbocycles. The molecule has 31 heavy (non-hydrogen) atoms.